The van der Waals surface area contributed by atoms with Gasteiger partial charge in [-0.2, -0.15) is 0 Å². The number of fused-ring (bicyclic) bond motifs is 9. The molecule has 11 heteroatoms. The molecule has 6 heterocycles. The molecular weight excluding hydrogens is 567 g/mol. The van der Waals surface area contributed by atoms with E-state index in [4.69, 9.17) is 0 Å². The van der Waals surface area contributed by atoms with Crippen LogP contribution in [0.4, 0.5) is 24.7 Å². The van der Waals surface area contributed by atoms with Crippen LogP contribution in [0.1, 0.15) is 69.0 Å². The van der Waals surface area contributed by atoms with Gasteiger partial charge in [-0.15, -0.1) is 0 Å². The maximum absolute atomic E-state index is 15.8. The molecule has 2 saturated heterocycles. The van der Waals surface area contributed by atoms with E-state index >= 15 is 13.2 Å². The lowest BCUT2D eigenvalue weighted by Crippen LogP contribution is -2.46. The number of aryl methyl sites for hydroxylation is 1. The Morgan fingerprint density at radius 3 is 2.45 bits per heavy atom. The second-order valence-electron chi connectivity index (χ2n) is 12.9. The predicted octanol–water partition coefficient (Wildman–Crippen LogP) is 5.62. The predicted molar refractivity (Wildman–Crippen MR) is 168 cm³/mol. The molecule has 0 amide bonds. The number of aromatic nitrogens is 3. The quantitative estimate of drug-likeness (QED) is 0.383. The normalized spacial score (nSPS) is 25.5. The summed E-state index contributed by atoms with van der Waals surface area (Å²) in [5.41, 5.74) is 0.657. The van der Waals surface area contributed by atoms with Gasteiger partial charge in [0, 0.05) is 44.7 Å². The number of alkyl halides is 2. The first kappa shape index (κ1) is 30.8. The van der Waals surface area contributed by atoms with Crippen LogP contribution in [-0.4, -0.2) is 77.2 Å². The summed E-state index contributed by atoms with van der Waals surface area (Å²) >= 11 is 0. The number of hydrogen-bond acceptors (Lipinski definition) is 7. The van der Waals surface area contributed by atoms with Crippen molar-refractivity contribution >= 4 is 22.5 Å². The third-order valence-electron chi connectivity index (χ3n) is 9.88. The molecule has 238 valence electrons. The smallest absolute Gasteiger partial charge is 0.276 e. The third kappa shape index (κ3) is 6.44. The Balaban J connectivity index is 1.40. The lowest BCUT2D eigenvalue weighted by molar-refractivity contribution is -0.0249. The average Bonchev–Trinajstić information content (AvgIpc) is 3.01. The van der Waals surface area contributed by atoms with Gasteiger partial charge in [-0.05, 0) is 77.7 Å². The first-order chi connectivity index (χ1) is 21.2. The fourth-order valence-corrected chi connectivity index (χ4v) is 7.01. The van der Waals surface area contributed by atoms with Crippen molar-refractivity contribution in [2.45, 2.75) is 70.4 Å². The molecule has 4 aliphatic rings. The van der Waals surface area contributed by atoms with Crippen molar-refractivity contribution in [3.8, 4) is 0 Å². The molecule has 1 N–H and O–H groups in total. The molecule has 8 bridgehead atoms. The first-order valence-corrected chi connectivity index (χ1v) is 16.2. The molecule has 7 rings (SSSR count). The zero-order valence-corrected chi connectivity index (χ0v) is 25.9. The number of likely N-dealkylation sites (N-methyl/N-ethyl adjacent to an activating group) is 1. The second kappa shape index (κ2) is 13.0. The van der Waals surface area contributed by atoms with Gasteiger partial charge in [0.15, 0.2) is 0 Å². The van der Waals surface area contributed by atoms with E-state index in [-0.39, 0.29) is 23.5 Å². The third-order valence-corrected chi connectivity index (χ3v) is 9.88. The van der Waals surface area contributed by atoms with Crippen molar-refractivity contribution < 1.29 is 13.2 Å². The van der Waals surface area contributed by atoms with E-state index in [9.17, 15) is 4.79 Å². The number of halogens is 3. The van der Waals surface area contributed by atoms with Crippen LogP contribution in [0.5, 0.6) is 0 Å². The Hall–Kier alpha value is -3.18. The highest BCUT2D eigenvalue weighted by Gasteiger charge is 2.37. The Morgan fingerprint density at radius 2 is 1.68 bits per heavy atom. The van der Waals surface area contributed by atoms with Gasteiger partial charge >= 0.3 is 0 Å². The number of nitrogens with one attached hydrogen (secondary N) is 1. The minimum atomic E-state index is -3.26. The van der Waals surface area contributed by atoms with Gasteiger partial charge in [0.2, 0.25) is 0 Å². The van der Waals surface area contributed by atoms with Crippen molar-refractivity contribution in [1.82, 2.24) is 24.3 Å². The number of benzene rings is 1. The summed E-state index contributed by atoms with van der Waals surface area (Å²) in [5, 5.41) is 3.94. The van der Waals surface area contributed by atoms with Gasteiger partial charge in [0.1, 0.15) is 29.3 Å². The number of nitrogens with zero attached hydrogens (tertiary/aromatic N) is 6. The van der Waals surface area contributed by atoms with E-state index in [1.807, 2.05) is 6.07 Å². The Morgan fingerprint density at radius 1 is 0.932 bits per heavy atom. The van der Waals surface area contributed by atoms with Crippen LogP contribution >= 0.6 is 0 Å². The fourth-order valence-electron chi connectivity index (χ4n) is 7.01. The number of anilines is 2. The van der Waals surface area contributed by atoms with Crippen LogP contribution in [0.15, 0.2) is 35.4 Å². The summed E-state index contributed by atoms with van der Waals surface area (Å²) in [6.45, 7) is 8.21. The van der Waals surface area contributed by atoms with Crippen molar-refractivity contribution in [2.24, 2.45) is 5.92 Å². The summed E-state index contributed by atoms with van der Waals surface area (Å²) in [6.07, 6.45) is 6.04. The van der Waals surface area contributed by atoms with Crippen LogP contribution in [0.3, 0.4) is 0 Å². The maximum atomic E-state index is 15.8. The van der Waals surface area contributed by atoms with E-state index in [1.54, 1.807) is 17.6 Å². The van der Waals surface area contributed by atoms with Crippen LogP contribution in [0.2, 0.25) is 0 Å². The van der Waals surface area contributed by atoms with Crippen molar-refractivity contribution in [2.75, 3.05) is 63.1 Å². The second-order valence-corrected chi connectivity index (χ2v) is 12.9. The van der Waals surface area contributed by atoms with E-state index in [1.165, 1.54) is 18.5 Å². The molecule has 8 nitrogen and oxygen atoms in total. The molecular formula is C33H44F3N7O. The highest BCUT2D eigenvalue weighted by Crippen LogP contribution is 2.39. The summed E-state index contributed by atoms with van der Waals surface area (Å²) in [4.78, 5) is 29.7. The Bertz CT molecular complexity index is 1510. The average molecular weight is 612 g/mol. The molecule has 0 radical (unpaired) electrons. The highest BCUT2D eigenvalue weighted by molar-refractivity contribution is 5.89. The molecule has 0 unspecified atom stereocenters. The van der Waals surface area contributed by atoms with Crippen LogP contribution in [0, 0.1) is 11.7 Å². The Kier molecular flexibility index (Phi) is 9.14. The van der Waals surface area contributed by atoms with Crippen LogP contribution in [-0.2, 0) is 12.5 Å². The number of piperidine rings is 1. The van der Waals surface area contributed by atoms with E-state index in [0.717, 1.165) is 77.9 Å². The van der Waals surface area contributed by atoms with Crippen molar-refractivity contribution in [3.63, 3.8) is 0 Å². The van der Waals surface area contributed by atoms with Gasteiger partial charge in [0.05, 0.1) is 17.0 Å². The van der Waals surface area contributed by atoms with Crippen molar-refractivity contribution in [1.29, 1.82) is 0 Å². The molecule has 44 heavy (non-hydrogen) atoms. The minimum Gasteiger partial charge on any atom is -0.364 e. The molecule has 2 aromatic heterocycles. The van der Waals surface area contributed by atoms with E-state index in [0.29, 0.717) is 35.5 Å². The molecule has 1 aromatic carbocycles. The highest BCUT2D eigenvalue weighted by atomic mass is 19.3. The fraction of sp³-hybridized carbons (Fsp3) is 0.606. The van der Waals surface area contributed by atoms with Gasteiger partial charge in [0.25, 0.3) is 11.5 Å². The zero-order valence-electron chi connectivity index (χ0n) is 25.9. The number of pyridine rings is 1. The van der Waals surface area contributed by atoms with Gasteiger partial charge < -0.3 is 20.0 Å². The van der Waals surface area contributed by atoms with Crippen LogP contribution in [0.25, 0.3) is 11.0 Å². The zero-order chi connectivity index (χ0) is 30.8. The molecule has 4 aliphatic heterocycles. The van der Waals surface area contributed by atoms with E-state index in [2.05, 4.69) is 37.0 Å². The number of hydrogen-bond donors (Lipinski definition) is 1. The van der Waals surface area contributed by atoms with Gasteiger partial charge in [-0.25, -0.2) is 23.1 Å². The molecule has 1 atom stereocenters. The maximum Gasteiger partial charge on any atom is 0.276 e. The molecule has 2 fully saturated rings. The summed E-state index contributed by atoms with van der Waals surface area (Å²) < 4.78 is 48.6. The van der Waals surface area contributed by atoms with Crippen LogP contribution < -0.4 is 15.8 Å². The van der Waals surface area contributed by atoms with E-state index < -0.39 is 23.3 Å². The van der Waals surface area contributed by atoms with Gasteiger partial charge in [-0.1, -0.05) is 24.6 Å². The number of piperazine rings is 1. The summed E-state index contributed by atoms with van der Waals surface area (Å²) in [6, 6.07) is 5.45. The minimum absolute atomic E-state index is 0.0683. The Labute approximate surface area is 257 Å². The monoisotopic (exact) mass is 611 g/mol. The lowest BCUT2D eigenvalue weighted by Gasteiger charge is -2.34. The summed E-state index contributed by atoms with van der Waals surface area (Å²) in [7, 11) is 2.07. The molecule has 0 aliphatic carbocycles. The SMILES string of the molecule is C[C@H]1Nc2ncnc3c2cc(N2CCN(C)CC2)c(=O)n3CCCCCN2CCC(CC2)CCC(F)(F)c2cccc1c2F. The molecule has 3 aromatic rings. The van der Waals surface area contributed by atoms with Crippen molar-refractivity contribution in [3.05, 3.63) is 57.9 Å². The summed E-state index contributed by atoms with van der Waals surface area (Å²) in [5.74, 6) is -3.47. The lowest BCUT2D eigenvalue weighted by atomic mass is 9.88. The van der Waals surface area contributed by atoms with Gasteiger partial charge in [-0.3, -0.25) is 9.36 Å². The molecule has 0 spiro atoms. The number of rotatable bonds is 1. The molecule has 0 saturated carbocycles. The topological polar surface area (TPSA) is 69.5 Å². The largest absolute Gasteiger partial charge is 0.364 e. The standard InChI is InChI=1S/C33H44F3N7O/c1-23-25-7-6-8-27(29(25)34)33(35,36)12-9-24-10-15-41(16-11-24)13-4-3-5-14-43-31-26(30(39-23)37-22-38-31)21-28(32(43)44)42-19-17-40(2)18-20-42/h6-8,21-24H,3-5,9-20H2,1-2H3,(H,37,38,39)/t23-/m1/s1. The first-order valence-electron chi connectivity index (χ1n) is 16.2.